The van der Waals surface area contributed by atoms with Gasteiger partial charge in [0.25, 0.3) is 5.69 Å². The lowest BCUT2D eigenvalue weighted by molar-refractivity contribution is -0.384. The zero-order chi connectivity index (χ0) is 12.3. The van der Waals surface area contributed by atoms with Gasteiger partial charge in [0.1, 0.15) is 0 Å². The molecule has 0 saturated carbocycles. The third kappa shape index (κ3) is 2.57. The predicted molar refractivity (Wildman–Crippen MR) is 61.4 cm³/mol. The van der Waals surface area contributed by atoms with E-state index in [0.717, 1.165) is 11.4 Å². The predicted octanol–water partition coefficient (Wildman–Crippen LogP) is 1.34. The van der Waals surface area contributed by atoms with E-state index in [1.807, 2.05) is 0 Å². The number of aromatic nitrogens is 3. The van der Waals surface area contributed by atoms with Gasteiger partial charge in [-0.05, 0) is 12.1 Å². The smallest absolute Gasteiger partial charge is 0.269 e. The van der Waals surface area contributed by atoms with Crippen LogP contribution < -0.4 is 5.32 Å². The standard InChI is InChI=1S/C10H11N5O2/c1-14-10(7-12-13-14)6-11-8-2-4-9(5-3-8)15(16)17/h2-5,7,11H,6H2,1H3. The van der Waals surface area contributed by atoms with Crippen LogP contribution in [0.3, 0.4) is 0 Å². The molecule has 2 rings (SSSR count). The van der Waals surface area contributed by atoms with Crippen LogP contribution in [0.4, 0.5) is 11.4 Å². The van der Waals surface area contributed by atoms with Crippen LogP contribution in [-0.2, 0) is 13.6 Å². The van der Waals surface area contributed by atoms with Crippen LogP contribution in [0.1, 0.15) is 5.69 Å². The molecule has 1 heterocycles. The van der Waals surface area contributed by atoms with Crippen molar-refractivity contribution in [1.29, 1.82) is 0 Å². The van der Waals surface area contributed by atoms with Gasteiger partial charge in [-0.15, -0.1) is 5.10 Å². The second-order valence-electron chi connectivity index (χ2n) is 3.51. The zero-order valence-corrected chi connectivity index (χ0v) is 9.20. The molecule has 1 aromatic carbocycles. The van der Waals surface area contributed by atoms with Gasteiger partial charge < -0.3 is 5.32 Å². The molecule has 7 nitrogen and oxygen atoms in total. The minimum Gasteiger partial charge on any atom is -0.379 e. The van der Waals surface area contributed by atoms with Crippen LogP contribution in [-0.4, -0.2) is 19.9 Å². The van der Waals surface area contributed by atoms with Gasteiger partial charge in [0.15, 0.2) is 0 Å². The van der Waals surface area contributed by atoms with Crippen LogP contribution in [0.2, 0.25) is 0 Å². The molecule has 0 unspecified atom stereocenters. The summed E-state index contributed by atoms with van der Waals surface area (Å²) >= 11 is 0. The Bertz CT molecular complexity index is 520. The SMILES string of the molecule is Cn1nncc1CNc1ccc([N+](=O)[O-])cc1. The molecule has 0 aliphatic heterocycles. The van der Waals surface area contributed by atoms with Crippen molar-refractivity contribution in [2.24, 2.45) is 7.05 Å². The summed E-state index contributed by atoms with van der Waals surface area (Å²) in [6.45, 7) is 0.571. The van der Waals surface area contributed by atoms with E-state index in [2.05, 4.69) is 15.6 Å². The highest BCUT2D eigenvalue weighted by atomic mass is 16.6. The van der Waals surface area contributed by atoms with Crippen molar-refractivity contribution in [3.8, 4) is 0 Å². The lowest BCUT2D eigenvalue weighted by Crippen LogP contribution is -2.05. The number of nitrogens with one attached hydrogen (secondary N) is 1. The van der Waals surface area contributed by atoms with E-state index in [9.17, 15) is 10.1 Å². The Labute approximate surface area is 97.2 Å². The molecule has 0 fully saturated rings. The summed E-state index contributed by atoms with van der Waals surface area (Å²) < 4.78 is 1.67. The lowest BCUT2D eigenvalue weighted by atomic mass is 10.3. The van der Waals surface area contributed by atoms with E-state index in [0.29, 0.717) is 6.54 Å². The van der Waals surface area contributed by atoms with Crippen molar-refractivity contribution < 1.29 is 4.92 Å². The van der Waals surface area contributed by atoms with Crippen LogP contribution in [0, 0.1) is 10.1 Å². The molecule has 0 aliphatic carbocycles. The number of rotatable bonds is 4. The summed E-state index contributed by atoms with van der Waals surface area (Å²) in [6, 6.07) is 6.26. The molecule has 1 N–H and O–H groups in total. The van der Waals surface area contributed by atoms with Gasteiger partial charge in [0, 0.05) is 24.9 Å². The van der Waals surface area contributed by atoms with Crippen LogP contribution in [0.15, 0.2) is 30.5 Å². The highest BCUT2D eigenvalue weighted by Crippen LogP contribution is 2.15. The molecule has 0 atom stereocenters. The first-order chi connectivity index (χ1) is 8.16. The molecule has 0 saturated heterocycles. The van der Waals surface area contributed by atoms with E-state index in [1.165, 1.54) is 12.1 Å². The Hall–Kier alpha value is -2.44. The number of anilines is 1. The van der Waals surface area contributed by atoms with Gasteiger partial charge in [-0.2, -0.15) is 0 Å². The highest BCUT2D eigenvalue weighted by Gasteiger charge is 2.04. The average molecular weight is 233 g/mol. The monoisotopic (exact) mass is 233 g/mol. The van der Waals surface area contributed by atoms with Crippen molar-refractivity contribution in [1.82, 2.24) is 15.0 Å². The molecule has 0 amide bonds. The van der Waals surface area contributed by atoms with Gasteiger partial charge in [0.05, 0.1) is 23.4 Å². The molecule has 0 aliphatic rings. The van der Waals surface area contributed by atoms with Gasteiger partial charge in [-0.3, -0.25) is 14.8 Å². The summed E-state index contributed by atoms with van der Waals surface area (Å²) in [4.78, 5) is 10.0. The van der Waals surface area contributed by atoms with Crippen molar-refractivity contribution >= 4 is 11.4 Å². The molecule has 17 heavy (non-hydrogen) atoms. The Balaban J connectivity index is 2.00. The van der Waals surface area contributed by atoms with Gasteiger partial charge in [0.2, 0.25) is 0 Å². The fourth-order valence-corrected chi connectivity index (χ4v) is 1.36. The average Bonchev–Trinajstić information content (AvgIpc) is 2.73. The minimum atomic E-state index is -0.422. The van der Waals surface area contributed by atoms with E-state index >= 15 is 0 Å². The van der Waals surface area contributed by atoms with E-state index in [4.69, 9.17) is 0 Å². The minimum absolute atomic E-state index is 0.0813. The second kappa shape index (κ2) is 4.60. The van der Waals surface area contributed by atoms with Crippen molar-refractivity contribution in [3.63, 3.8) is 0 Å². The molecule has 88 valence electrons. The lowest BCUT2D eigenvalue weighted by Gasteiger charge is -2.05. The highest BCUT2D eigenvalue weighted by molar-refractivity contribution is 5.48. The summed E-state index contributed by atoms with van der Waals surface area (Å²) in [5.41, 5.74) is 1.83. The second-order valence-corrected chi connectivity index (χ2v) is 3.51. The van der Waals surface area contributed by atoms with Gasteiger partial charge >= 0.3 is 0 Å². The first kappa shape index (κ1) is 11.1. The number of nitro groups is 1. The van der Waals surface area contributed by atoms with Crippen LogP contribution in [0.5, 0.6) is 0 Å². The number of hydrogen-bond donors (Lipinski definition) is 1. The van der Waals surface area contributed by atoms with E-state index < -0.39 is 4.92 Å². The summed E-state index contributed by atoms with van der Waals surface area (Å²) in [7, 11) is 1.81. The van der Waals surface area contributed by atoms with Crippen LogP contribution >= 0.6 is 0 Å². The summed E-state index contributed by atoms with van der Waals surface area (Å²) in [5.74, 6) is 0. The Morgan fingerprint density at radius 3 is 2.65 bits per heavy atom. The normalized spacial score (nSPS) is 10.2. The molecule has 0 bridgehead atoms. The molecular formula is C10H11N5O2. The topological polar surface area (TPSA) is 85.9 Å². The van der Waals surface area contributed by atoms with Crippen molar-refractivity contribution in [3.05, 3.63) is 46.3 Å². The number of benzene rings is 1. The van der Waals surface area contributed by atoms with E-state index in [-0.39, 0.29) is 5.69 Å². The first-order valence-corrected chi connectivity index (χ1v) is 4.98. The van der Waals surface area contributed by atoms with Crippen molar-refractivity contribution in [2.45, 2.75) is 6.54 Å². The molecule has 0 spiro atoms. The molecule has 2 aromatic rings. The zero-order valence-electron chi connectivity index (χ0n) is 9.20. The quantitative estimate of drug-likeness (QED) is 0.636. The maximum Gasteiger partial charge on any atom is 0.269 e. The first-order valence-electron chi connectivity index (χ1n) is 4.98. The Morgan fingerprint density at radius 1 is 1.41 bits per heavy atom. The summed E-state index contributed by atoms with van der Waals surface area (Å²) in [6.07, 6.45) is 1.67. The fraction of sp³-hybridized carbons (Fsp3) is 0.200. The maximum atomic E-state index is 10.5. The van der Waals surface area contributed by atoms with Gasteiger partial charge in [-0.25, -0.2) is 0 Å². The van der Waals surface area contributed by atoms with E-state index in [1.54, 1.807) is 30.1 Å². The third-order valence-electron chi connectivity index (χ3n) is 2.36. The van der Waals surface area contributed by atoms with Crippen LogP contribution in [0.25, 0.3) is 0 Å². The number of nitro benzene ring substituents is 1. The molecule has 1 aromatic heterocycles. The largest absolute Gasteiger partial charge is 0.379 e. The number of non-ortho nitro benzene ring substituents is 1. The number of hydrogen-bond acceptors (Lipinski definition) is 5. The maximum absolute atomic E-state index is 10.5. The Kier molecular flexibility index (Phi) is 2.99. The number of aryl methyl sites for hydroxylation is 1. The fourth-order valence-electron chi connectivity index (χ4n) is 1.36. The molecular weight excluding hydrogens is 222 g/mol. The molecule has 7 heteroatoms. The molecule has 0 radical (unpaired) electrons. The van der Waals surface area contributed by atoms with Crippen molar-refractivity contribution in [2.75, 3.05) is 5.32 Å². The summed E-state index contributed by atoms with van der Waals surface area (Å²) in [5, 5.41) is 21.2. The van der Waals surface area contributed by atoms with Gasteiger partial charge in [-0.1, -0.05) is 5.21 Å². The number of nitrogens with zero attached hydrogens (tertiary/aromatic N) is 4. The Morgan fingerprint density at radius 2 is 2.12 bits per heavy atom. The third-order valence-corrected chi connectivity index (χ3v) is 2.36.